The van der Waals surface area contributed by atoms with Crippen molar-refractivity contribution in [3.63, 3.8) is 0 Å². The number of hydroxylamine groups is 2. The zero-order valence-electron chi connectivity index (χ0n) is 28.9. The highest BCUT2D eigenvalue weighted by atomic mass is 35.5. The molecule has 0 unspecified atom stereocenters. The van der Waals surface area contributed by atoms with E-state index in [2.05, 4.69) is 43.7 Å². The summed E-state index contributed by atoms with van der Waals surface area (Å²) in [5.74, 6) is 0.644. The predicted molar refractivity (Wildman–Crippen MR) is 191 cm³/mol. The molecule has 2 aliphatic heterocycles. The fourth-order valence-electron chi connectivity index (χ4n) is 5.81. The van der Waals surface area contributed by atoms with Crippen LogP contribution in [0.2, 0.25) is 10.0 Å². The van der Waals surface area contributed by atoms with Crippen LogP contribution in [0.15, 0.2) is 48.5 Å². The van der Waals surface area contributed by atoms with E-state index in [1.165, 1.54) is 14.2 Å². The Kier molecular flexibility index (Phi) is 11.9. The number of carbonyl (C=O) groups is 2. The van der Waals surface area contributed by atoms with E-state index in [4.69, 9.17) is 51.8 Å². The number of hydrogen-bond donors (Lipinski definition) is 4. The molecular weight excluding hydrogens is 715 g/mol. The molecule has 2 amide bonds. The van der Waals surface area contributed by atoms with Crippen LogP contribution in [0.3, 0.4) is 0 Å². The van der Waals surface area contributed by atoms with E-state index in [0.717, 1.165) is 33.4 Å². The molecule has 52 heavy (non-hydrogen) atoms. The lowest BCUT2D eigenvalue weighted by Gasteiger charge is -2.18. The van der Waals surface area contributed by atoms with Gasteiger partial charge in [-0.1, -0.05) is 59.6 Å². The van der Waals surface area contributed by atoms with Crippen LogP contribution in [-0.2, 0) is 45.6 Å². The molecule has 0 spiro atoms. The maximum Gasteiger partial charge on any atom is 0.263 e. The summed E-state index contributed by atoms with van der Waals surface area (Å²) in [6.07, 6.45) is 0. The zero-order chi connectivity index (χ0) is 36.8. The Morgan fingerprint density at radius 1 is 0.692 bits per heavy atom. The van der Waals surface area contributed by atoms with E-state index in [1.54, 1.807) is 12.1 Å². The van der Waals surface area contributed by atoms with Gasteiger partial charge < -0.3 is 18.9 Å². The third kappa shape index (κ3) is 8.33. The van der Waals surface area contributed by atoms with Gasteiger partial charge in [0, 0.05) is 24.2 Å². The average Bonchev–Trinajstić information content (AvgIpc) is 3.76. The number of nitrogens with one attached hydrogen (secondary N) is 4. The SMILES string of the molecule is COc1nc(OCc2cccc(-c3cccc(COc4nc(OC)c(CN[C@@H]5CONC5=O)cc4Cl)c3C)c2C)c(Cl)cc1CN[C@@H]1CONC1=O. The second kappa shape index (κ2) is 16.8. The number of methoxy groups -OCH3 is 2. The van der Waals surface area contributed by atoms with Crippen molar-refractivity contribution < 1.29 is 38.2 Å². The Bertz CT molecular complexity index is 1830. The normalized spacial score (nSPS) is 16.8. The summed E-state index contributed by atoms with van der Waals surface area (Å²) < 4.78 is 23.2. The molecular formula is C36H38Cl2N6O8. The summed E-state index contributed by atoms with van der Waals surface area (Å²) in [7, 11) is 3.02. The van der Waals surface area contributed by atoms with Crippen molar-refractivity contribution in [2.75, 3.05) is 27.4 Å². The van der Waals surface area contributed by atoms with Crippen molar-refractivity contribution >= 4 is 35.0 Å². The number of benzene rings is 2. The van der Waals surface area contributed by atoms with Gasteiger partial charge in [0.2, 0.25) is 23.5 Å². The Hall–Kier alpha value is -4.70. The Morgan fingerprint density at radius 2 is 1.12 bits per heavy atom. The molecule has 4 N–H and O–H groups in total. The minimum absolute atomic E-state index is 0.216. The van der Waals surface area contributed by atoms with Gasteiger partial charge in [0.25, 0.3) is 11.8 Å². The fourth-order valence-corrected chi connectivity index (χ4v) is 6.26. The van der Waals surface area contributed by atoms with Gasteiger partial charge in [-0.3, -0.25) is 29.9 Å². The van der Waals surface area contributed by atoms with E-state index in [9.17, 15) is 9.59 Å². The number of carbonyl (C=O) groups excluding carboxylic acids is 2. The van der Waals surface area contributed by atoms with Crippen molar-refractivity contribution in [2.24, 2.45) is 0 Å². The van der Waals surface area contributed by atoms with Crippen molar-refractivity contribution in [1.82, 2.24) is 31.6 Å². The fraction of sp³-hybridized carbons (Fsp3) is 0.333. The second-order valence-corrected chi connectivity index (χ2v) is 12.9. The van der Waals surface area contributed by atoms with Gasteiger partial charge >= 0.3 is 0 Å². The first-order valence-corrected chi connectivity index (χ1v) is 17.1. The maximum atomic E-state index is 11.8. The minimum atomic E-state index is -0.484. The van der Waals surface area contributed by atoms with Gasteiger partial charge in [0.05, 0.1) is 27.4 Å². The zero-order valence-corrected chi connectivity index (χ0v) is 30.4. The Morgan fingerprint density at radius 3 is 1.48 bits per heavy atom. The molecule has 6 rings (SSSR count). The number of ether oxygens (including phenoxy) is 4. The van der Waals surface area contributed by atoms with Crippen LogP contribution in [0.4, 0.5) is 0 Å². The lowest BCUT2D eigenvalue weighted by atomic mass is 9.92. The van der Waals surface area contributed by atoms with E-state index in [-0.39, 0.29) is 50.0 Å². The van der Waals surface area contributed by atoms with Gasteiger partial charge in [0.15, 0.2) is 0 Å². The first-order valence-electron chi connectivity index (χ1n) is 16.4. The molecule has 14 nitrogen and oxygen atoms in total. The van der Waals surface area contributed by atoms with Crippen LogP contribution in [0.1, 0.15) is 33.4 Å². The van der Waals surface area contributed by atoms with Gasteiger partial charge in [-0.25, -0.2) is 11.0 Å². The number of rotatable bonds is 15. The highest BCUT2D eigenvalue weighted by Gasteiger charge is 2.27. The highest BCUT2D eigenvalue weighted by molar-refractivity contribution is 6.32. The maximum absolute atomic E-state index is 11.8. The van der Waals surface area contributed by atoms with Crippen LogP contribution in [0, 0.1) is 13.8 Å². The topological polar surface area (TPSA) is 163 Å². The summed E-state index contributed by atoms with van der Waals surface area (Å²) in [4.78, 5) is 42.6. The van der Waals surface area contributed by atoms with Crippen LogP contribution in [0.25, 0.3) is 11.1 Å². The smallest absolute Gasteiger partial charge is 0.263 e. The molecule has 274 valence electrons. The standard InChI is InChI=1S/C36H38Cl2N6O8/c1-19-21(15-49-35-27(37)11-23(33(41-35)47-3)13-39-29-17-51-43-31(29)45)7-5-9-25(19)26-10-6-8-22(20(26)2)16-50-36-28(38)12-24(34(42-36)48-4)14-40-30-18-52-44-32(30)46/h5-12,29-30,39-40H,13-18H2,1-4H3,(H,43,45)(H,44,46)/t29-,30-/m1/s1. The molecule has 2 fully saturated rings. The molecule has 0 aliphatic carbocycles. The van der Waals surface area contributed by atoms with Crippen LogP contribution in [0.5, 0.6) is 23.5 Å². The van der Waals surface area contributed by atoms with Gasteiger partial charge in [-0.15, -0.1) is 0 Å². The van der Waals surface area contributed by atoms with E-state index in [1.807, 2.05) is 38.1 Å². The molecule has 0 saturated carbocycles. The molecule has 4 aromatic rings. The van der Waals surface area contributed by atoms with Crippen molar-refractivity contribution in [1.29, 1.82) is 0 Å². The summed E-state index contributed by atoms with van der Waals surface area (Å²) in [6, 6.07) is 14.5. The molecule has 2 aromatic heterocycles. The van der Waals surface area contributed by atoms with Crippen molar-refractivity contribution in [3.05, 3.63) is 92.0 Å². The third-order valence-corrected chi connectivity index (χ3v) is 9.36. The summed E-state index contributed by atoms with van der Waals surface area (Å²) in [6.45, 7) is 5.55. The number of nitrogens with zero attached hydrogens (tertiary/aromatic N) is 2. The second-order valence-electron chi connectivity index (χ2n) is 12.1. The summed E-state index contributed by atoms with van der Waals surface area (Å²) >= 11 is 13.2. The van der Waals surface area contributed by atoms with Gasteiger partial charge in [-0.2, -0.15) is 9.97 Å². The van der Waals surface area contributed by atoms with E-state index >= 15 is 0 Å². The lowest BCUT2D eigenvalue weighted by molar-refractivity contribution is -0.125. The van der Waals surface area contributed by atoms with E-state index < -0.39 is 12.1 Å². The molecule has 2 aliphatic rings. The number of aromatic nitrogens is 2. The first kappa shape index (κ1) is 37.1. The number of hydrogen-bond acceptors (Lipinski definition) is 12. The first-order chi connectivity index (χ1) is 25.2. The highest BCUT2D eigenvalue weighted by Crippen LogP contribution is 2.34. The summed E-state index contributed by atoms with van der Waals surface area (Å²) in [5.41, 5.74) is 12.0. The Balaban J connectivity index is 1.13. The van der Waals surface area contributed by atoms with Gasteiger partial charge in [0.1, 0.15) is 35.3 Å². The predicted octanol–water partition coefficient (Wildman–Crippen LogP) is 4.28. The molecule has 16 heteroatoms. The lowest BCUT2D eigenvalue weighted by Crippen LogP contribution is -2.37. The molecule has 0 radical (unpaired) electrons. The molecule has 0 bridgehead atoms. The molecule has 4 heterocycles. The van der Waals surface area contributed by atoms with Crippen LogP contribution >= 0.6 is 23.2 Å². The van der Waals surface area contributed by atoms with E-state index in [0.29, 0.717) is 46.0 Å². The Labute approximate surface area is 310 Å². The number of amides is 2. The van der Waals surface area contributed by atoms with Gasteiger partial charge in [-0.05, 0) is 59.4 Å². The average molecular weight is 754 g/mol. The minimum Gasteiger partial charge on any atom is -0.481 e. The molecule has 2 aromatic carbocycles. The van der Waals surface area contributed by atoms with Crippen molar-refractivity contribution in [2.45, 2.75) is 52.2 Å². The quantitative estimate of drug-likeness (QED) is 0.137. The number of halogens is 2. The van der Waals surface area contributed by atoms with Crippen LogP contribution < -0.4 is 40.5 Å². The third-order valence-electron chi connectivity index (χ3n) is 8.82. The molecule has 2 atom stereocenters. The monoisotopic (exact) mass is 752 g/mol. The largest absolute Gasteiger partial charge is 0.481 e. The van der Waals surface area contributed by atoms with Crippen LogP contribution in [-0.4, -0.2) is 61.3 Å². The molecule has 2 saturated heterocycles. The van der Waals surface area contributed by atoms with Crippen molar-refractivity contribution in [3.8, 4) is 34.6 Å². The summed E-state index contributed by atoms with van der Waals surface area (Å²) in [5, 5.41) is 6.85. The number of pyridine rings is 2.